The number of nitrogens with two attached hydrogens (primary N) is 1. The van der Waals surface area contributed by atoms with Gasteiger partial charge in [-0.15, -0.1) is 0 Å². The number of rotatable bonds is 9. The molecule has 0 saturated heterocycles. The fourth-order valence-electron chi connectivity index (χ4n) is 3.72. The van der Waals surface area contributed by atoms with E-state index < -0.39 is 5.54 Å². The molecule has 0 saturated carbocycles. The highest BCUT2D eigenvalue weighted by atomic mass is 16.5. The van der Waals surface area contributed by atoms with Crippen molar-refractivity contribution in [3.63, 3.8) is 0 Å². The highest BCUT2D eigenvalue weighted by Gasteiger charge is 2.23. The Morgan fingerprint density at radius 1 is 1.24 bits per heavy atom. The maximum atomic E-state index is 12.2. The number of fused-ring (bicyclic) bond motifs is 1. The lowest BCUT2D eigenvalue weighted by Crippen LogP contribution is -2.52. The summed E-state index contributed by atoms with van der Waals surface area (Å²) in [4.78, 5) is 17.2. The van der Waals surface area contributed by atoms with Crippen LogP contribution in [-0.4, -0.2) is 46.7 Å². The Morgan fingerprint density at radius 3 is 2.64 bits per heavy atom. The number of hydrogen-bond donors (Lipinski definition) is 5. The second kappa shape index (κ2) is 10.5. The molecule has 0 aliphatic heterocycles. The van der Waals surface area contributed by atoms with Crippen molar-refractivity contribution < 1.29 is 9.53 Å². The van der Waals surface area contributed by atoms with E-state index in [1.54, 1.807) is 25.9 Å². The number of nitrogens with zero attached hydrogens (tertiary/aromatic N) is 1. The zero-order valence-electron chi connectivity index (χ0n) is 19.6. The molecule has 1 aromatic heterocycles. The third kappa shape index (κ3) is 6.32. The zero-order chi connectivity index (χ0) is 24.0. The average molecular weight is 451 g/mol. The number of methoxy groups -OCH3 is 1. The first kappa shape index (κ1) is 24.3. The third-order valence-corrected chi connectivity index (χ3v) is 5.72. The van der Waals surface area contributed by atoms with Gasteiger partial charge in [-0.2, -0.15) is 0 Å². The standard InChI is InChI=1S/C25H34N6O2/c1-25(2,28)24(32)30-15-23(27)31(16-17-8-11-19(33-3)12-9-17)22(26)13-10-18-14-29-21-7-5-4-6-20(18)21/h4,6,8-9,11-12,14,26-27,29H,5,7,10,13,15-16,28H2,1-3H3,(H,30,32). The smallest absolute Gasteiger partial charge is 0.239 e. The Labute approximate surface area is 195 Å². The molecular weight excluding hydrogens is 416 g/mol. The van der Waals surface area contributed by atoms with E-state index in [2.05, 4.69) is 22.5 Å². The van der Waals surface area contributed by atoms with Gasteiger partial charge >= 0.3 is 0 Å². The Kier molecular flexibility index (Phi) is 7.71. The van der Waals surface area contributed by atoms with Gasteiger partial charge in [-0.05, 0) is 61.9 Å². The SMILES string of the molecule is COc1ccc(CN(C(=N)CCc2c[nH]c3c2C=CCC3)C(=N)CNC(=O)C(C)(C)N)cc1. The molecule has 0 spiro atoms. The van der Waals surface area contributed by atoms with Crippen LogP contribution in [0.2, 0.25) is 0 Å². The number of carbonyl (C=O) groups is 1. The van der Waals surface area contributed by atoms with E-state index in [4.69, 9.17) is 21.3 Å². The minimum atomic E-state index is -1.03. The summed E-state index contributed by atoms with van der Waals surface area (Å²) in [5.74, 6) is 0.878. The minimum absolute atomic E-state index is 0.000286. The van der Waals surface area contributed by atoms with Gasteiger partial charge in [0.25, 0.3) is 0 Å². The number of amides is 1. The van der Waals surface area contributed by atoms with Gasteiger partial charge in [-0.1, -0.05) is 24.3 Å². The monoisotopic (exact) mass is 450 g/mol. The lowest BCUT2D eigenvalue weighted by molar-refractivity contribution is -0.124. The van der Waals surface area contributed by atoms with Gasteiger partial charge in [-0.25, -0.2) is 0 Å². The lowest BCUT2D eigenvalue weighted by atomic mass is 9.99. The largest absolute Gasteiger partial charge is 0.497 e. The highest BCUT2D eigenvalue weighted by molar-refractivity contribution is 6.00. The number of nitrogens with one attached hydrogen (secondary N) is 4. The van der Waals surface area contributed by atoms with E-state index in [-0.39, 0.29) is 18.3 Å². The van der Waals surface area contributed by atoms with Crippen molar-refractivity contribution in [1.82, 2.24) is 15.2 Å². The van der Waals surface area contributed by atoms with Gasteiger partial charge in [0.2, 0.25) is 5.91 Å². The van der Waals surface area contributed by atoms with Gasteiger partial charge in [0.15, 0.2) is 0 Å². The third-order valence-electron chi connectivity index (χ3n) is 5.72. The molecule has 0 unspecified atom stereocenters. The van der Waals surface area contributed by atoms with Crippen molar-refractivity contribution in [2.75, 3.05) is 13.7 Å². The molecular formula is C25H34N6O2. The van der Waals surface area contributed by atoms with Crippen LogP contribution >= 0.6 is 0 Å². The molecule has 1 aliphatic carbocycles. The van der Waals surface area contributed by atoms with Crippen molar-refractivity contribution in [1.29, 1.82) is 10.8 Å². The van der Waals surface area contributed by atoms with Crippen LogP contribution in [0.1, 0.15) is 49.1 Å². The topological polar surface area (TPSA) is 131 Å². The summed E-state index contributed by atoms with van der Waals surface area (Å²) in [7, 11) is 1.61. The van der Waals surface area contributed by atoms with Crippen LogP contribution < -0.4 is 15.8 Å². The molecule has 0 atom stereocenters. The number of ether oxygens (including phenoxy) is 1. The van der Waals surface area contributed by atoms with E-state index in [0.29, 0.717) is 25.2 Å². The number of aromatic amines is 1. The number of aromatic nitrogens is 1. The first-order valence-electron chi connectivity index (χ1n) is 11.2. The Morgan fingerprint density at radius 2 is 1.97 bits per heavy atom. The van der Waals surface area contributed by atoms with Gasteiger partial charge in [0.1, 0.15) is 17.4 Å². The maximum absolute atomic E-state index is 12.2. The van der Waals surface area contributed by atoms with Crippen LogP contribution in [-0.2, 0) is 24.2 Å². The molecule has 2 aromatic rings. The summed E-state index contributed by atoms with van der Waals surface area (Å²) < 4.78 is 5.23. The molecule has 1 amide bonds. The number of benzene rings is 1. The minimum Gasteiger partial charge on any atom is -0.497 e. The van der Waals surface area contributed by atoms with E-state index in [1.807, 2.05) is 30.5 Å². The molecule has 0 bridgehead atoms. The molecule has 6 N–H and O–H groups in total. The second-order valence-electron chi connectivity index (χ2n) is 8.88. The number of allylic oxidation sites excluding steroid dienone is 1. The summed E-state index contributed by atoms with van der Waals surface area (Å²) in [5.41, 5.74) is 9.41. The number of amidine groups is 2. The Hall–Kier alpha value is -3.39. The molecule has 176 valence electrons. The maximum Gasteiger partial charge on any atom is 0.239 e. The Balaban J connectivity index is 1.71. The van der Waals surface area contributed by atoms with E-state index in [9.17, 15) is 4.79 Å². The molecule has 1 aromatic carbocycles. The lowest BCUT2D eigenvalue weighted by Gasteiger charge is -2.27. The molecule has 8 nitrogen and oxygen atoms in total. The van der Waals surface area contributed by atoms with E-state index in [1.165, 1.54) is 16.8 Å². The van der Waals surface area contributed by atoms with Gasteiger partial charge in [0, 0.05) is 18.3 Å². The van der Waals surface area contributed by atoms with Crippen LogP contribution in [0.3, 0.4) is 0 Å². The van der Waals surface area contributed by atoms with Gasteiger partial charge < -0.3 is 25.7 Å². The van der Waals surface area contributed by atoms with Crippen molar-refractivity contribution in [2.24, 2.45) is 5.73 Å². The van der Waals surface area contributed by atoms with Gasteiger partial charge in [0.05, 0.1) is 25.7 Å². The van der Waals surface area contributed by atoms with Crippen LogP contribution in [0.25, 0.3) is 6.08 Å². The first-order valence-corrected chi connectivity index (χ1v) is 11.2. The second-order valence-corrected chi connectivity index (χ2v) is 8.88. The van der Waals surface area contributed by atoms with Crippen LogP contribution in [0.15, 0.2) is 36.5 Å². The quantitative estimate of drug-likeness (QED) is 0.296. The summed E-state index contributed by atoms with van der Waals surface area (Å²) >= 11 is 0. The van der Waals surface area contributed by atoms with Gasteiger partial charge in [-0.3, -0.25) is 15.6 Å². The number of H-pyrrole nitrogens is 1. The van der Waals surface area contributed by atoms with E-state index in [0.717, 1.165) is 24.2 Å². The van der Waals surface area contributed by atoms with E-state index >= 15 is 0 Å². The molecule has 33 heavy (non-hydrogen) atoms. The number of aryl methyl sites for hydroxylation is 2. The van der Waals surface area contributed by atoms with Crippen LogP contribution in [0, 0.1) is 10.8 Å². The molecule has 8 heteroatoms. The summed E-state index contributed by atoms with van der Waals surface area (Å²) in [6.07, 6.45) is 9.58. The summed E-state index contributed by atoms with van der Waals surface area (Å²) in [6.45, 7) is 3.60. The molecule has 3 rings (SSSR count). The Bertz CT molecular complexity index is 1030. The van der Waals surface area contributed by atoms with Crippen molar-refractivity contribution in [3.8, 4) is 5.75 Å². The number of hydrogen-bond acceptors (Lipinski definition) is 5. The summed E-state index contributed by atoms with van der Waals surface area (Å²) in [5, 5.41) is 20.1. The first-order chi connectivity index (χ1) is 15.7. The summed E-state index contributed by atoms with van der Waals surface area (Å²) in [6, 6.07) is 7.55. The molecule has 0 radical (unpaired) electrons. The van der Waals surface area contributed by atoms with Crippen LogP contribution in [0.5, 0.6) is 5.75 Å². The number of carbonyl (C=O) groups excluding carboxylic acids is 1. The molecule has 1 aliphatic rings. The van der Waals surface area contributed by atoms with Crippen molar-refractivity contribution >= 4 is 23.7 Å². The molecule has 1 heterocycles. The fourth-order valence-corrected chi connectivity index (χ4v) is 3.72. The fraction of sp³-hybridized carbons (Fsp3) is 0.400. The predicted octanol–water partition coefficient (Wildman–Crippen LogP) is 3.23. The zero-order valence-corrected chi connectivity index (χ0v) is 19.6. The molecule has 0 fully saturated rings. The van der Waals surface area contributed by atoms with Crippen molar-refractivity contribution in [2.45, 2.75) is 51.6 Å². The van der Waals surface area contributed by atoms with Crippen LogP contribution in [0.4, 0.5) is 0 Å². The average Bonchev–Trinajstić information content (AvgIpc) is 3.22. The predicted molar refractivity (Wildman–Crippen MR) is 132 cm³/mol. The van der Waals surface area contributed by atoms with Crippen molar-refractivity contribution in [3.05, 3.63) is 58.9 Å². The normalized spacial score (nSPS) is 12.7. The highest BCUT2D eigenvalue weighted by Crippen LogP contribution is 2.23.